The van der Waals surface area contributed by atoms with E-state index >= 15 is 0 Å². The maximum atomic E-state index is 12.7. The minimum Gasteiger partial charge on any atom is -0.353 e. The summed E-state index contributed by atoms with van der Waals surface area (Å²) in [5, 5.41) is 9.31. The third-order valence-electron chi connectivity index (χ3n) is 5.92. The number of allylic oxidation sites excluding steroid dienone is 6. The predicted molar refractivity (Wildman–Crippen MR) is 156 cm³/mol. The fraction of sp³-hybridized carbons (Fsp3) is 0.500. The zero-order valence-electron chi connectivity index (χ0n) is 23.3. The normalized spacial score (nSPS) is 21.8. The Hall–Kier alpha value is -2.77. The van der Waals surface area contributed by atoms with Crippen LogP contribution >= 0.6 is 11.3 Å². The molecule has 2 rings (SSSR count). The molecule has 2 N–H and O–H groups in total. The average Bonchev–Trinajstić information content (AvgIpc) is 3.25. The highest BCUT2D eigenvalue weighted by Crippen LogP contribution is 2.16. The second-order valence-electron chi connectivity index (χ2n) is 10.3. The fourth-order valence-corrected chi connectivity index (χ4v) is 4.89. The summed E-state index contributed by atoms with van der Waals surface area (Å²) < 4.78 is 0. The molecule has 0 aromatic carbocycles. The molecule has 6 nitrogen and oxygen atoms in total. The van der Waals surface area contributed by atoms with E-state index in [1.54, 1.807) is 23.5 Å². The van der Waals surface area contributed by atoms with Crippen molar-refractivity contribution in [2.45, 2.75) is 78.3 Å². The number of carbonyl (C=O) groups is 2. The molecule has 2 amide bonds. The van der Waals surface area contributed by atoms with Crippen LogP contribution < -0.4 is 10.6 Å². The van der Waals surface area contributed by atoms with Crippen LogP contribution in [-0.2, 0) is 22.4 Å². The molecule has 2 bridgehead atoms. The van der Waals surface area contributed by atoms with Gasteiger partial charge in [-0.05, 0) is 67.5 Å². The minimum absolute atomic E-state index is 0.0565. The largest absolute Gasteiger partial charge is 0.353 e. The number of rotatable bonds is 5. The number of nitrogens with one attached hydrogen (secondary N) is 2. The number of hydrogen-bond acceptors (Lipinski definition) is 5. The van der Waals surface area contributed by atoms with Crippen molar-refractivity contribution < 1.29 is 9.59 Å². The Morgan fingerprint density at radius 3 is 2.59 bits per heavy atom. The van der Waals surface area contributed by atoms with E-state index in [1.807, 2.05) is 19.9 Å². The number of nitrogens with zero attached hydrogens (tertiary/aromatic N) is 2. The molecule has 0 aliphatic carbocycles. The molecule has 1 aromatic heterocycles. The lowest BCUT2D eigenvalue weighted by Crippen LogP contribution is -2.34. The van der Waals surface area contributed by atoms with E-state index in [-0.39, 0.29) is 23.9 Å². The Morgan fingerprint density at radius 1 is 1.11 bits per heavy atom. The van der Waals surface area contributed by atoms with Crippen LogP contribution in [0.25, 0.3) is 0 Å². The van der Waals surface area contributed by atoms with Crippen LogP contribution in [0.3, 0.4) is 0 Å². The van der Waals surface area contributed by atoms with E-state index in [1.165, 1.54) is 5.57 Å². The Bertz CT molecular complexity index is 1050. The molecular weight excluding hydrogens is 480 g/mol. The maximum absolute atomic E-state index is 12.7. The molecule has 0 fully saturated rings. The van der Waals surface area contributed by atoms with Crippen molar-refractivity contribution in [2.75, 3.05) is 20.6 Å². The minimum atomic E-state index is -0.166. The Morgan fingerprint density at radius 2 is 1.84 bits per heavy atom. The summed E-state index contributed by atoms with van der Waals surface area (Å²) in [6, 6.07) is -0.109. The van der Waals surface area contributed by atoms with Crippen LogP contribution in [0, 0.1) is 0 Å². The summed E-state index contributed by atoms with van der Waals surface area (Å²) in [7, 11) is 4.10. The van der Waals surface area contributed by atoms with Gasteiger partial charge in [0.05, 0.1) is 16.7 Å². The summed E-state index contributed by atoms with van der Waals surface area (Å²) in [5.41, 5.74) is 4.45. The van der Waals surface area contributed by atoms with E-state index in [0.717, 1.165) is 54.1 Å². The average molecular weight is 525 g/mol. The number of aryl methyl sites for hydroxylation is 1. The standard InChI is InChI=1S/C30H44N4O2S/c1-22(16-17-34(5)6)14-15-24(3)19-27-20-30-33-26(21-37-30)11-7-8-12-28(35)31-25(4)18-23(2)10-9-13-29(36)32-27/h9-10,13-16,19,21,25,27H,7-8,11-12,17-18,20H2,1-6H3,(H,31,35)(H,32,36)/t25-,27?/m0/s1. The molecule has 202 valence electrons. The van der Waals surface area contributed by atoms with Crippen molar-refractivity contribution in [3.05, 3.63) is 75.3 Å². The van der Waals surface area contributed by atoms with Crippen LogP contribution in [0.2, 0.25) is 0 Å². The van der Waals surface area contributed by atoms with Crippen LogP contribution in [0.5, 0.6) is 0 Å². The third kappa shape index (κ3) is 13.4. The van der Waals surface area contributed by atoms with Crippen molar-refractivity contribution >= 4 is 23.2 Å². The highest BCUT2D eigenvalue weighted by atomic mass is 32.1. The lowest BCUT2D eigenvalue weighted by molar-refractivity contribution is -0.121. The monoisotopic (exact) mass is 524 g/mol. The molecule has 0 radical (unpaired) electrons. The third-order valence-corrected chi connectivity index (χ3v) is 6.84. The summed E-state index contributed by atoms with van der Waals surface area (Å²) in [6.45, 7) is 9.08. The molecule has 7 heteroatoms. The Balaban J connectivity index is 2.21. The van der Waals surface area contributed by atoms with Gasteiger partial charge in [0.15, 0.2) is 0 Å². The number of hydrogen-bond donors (Lipinski definition) is 2. The summed E-state index contributed by atoms with van der Waals surface area (Å²) >= 11 is 1.63. The lowest BCUT2D eigenvalue weighted by Gasteiger charge is -2.14. The number of fused-ring (bicyclic) bond motifs is 2. The van der Waals surface area contributed by atoms with Gasteiger partial charge in [-0.1, -0.05) is 53.2 Å². The van der Waals surface area contributed by atoms with Gasteiger partial charge < -0.3 is 15.5 Å². The van der Waals surface area contributed by atoms with Gasteiger partial charge in [-0.2, -0.15) is 0 Å². The van der Waals surface area contributed by atoms with Crippen molar-refractivity contribution in [2.24, 2.45) is 0 Å². The van der Waals surface area contributed by atoms with Crippen molar-refractivity contribution in [3.8, 4) is 0 Å². The van der Waals surface area contributed by atoms with Crippen molar-refractivity contribution in [3.63, 3.8) is 0 Å². The molecule has 1 aliphatic heterocycles. The van der Waals surface area contributed by atoms with Crippen LogP contribution in [0.15, 0.2) is 64.6 Å². The van der Waals surface area contributed by atoms with Gasteiger partial charge >= 0.3 is 0 Å². The molecule has 2 atom stereocenters. The van der Waals surface area contributed by atoms with Gasteiger partial charge in [0.1, 0.15) is 0 Å². The molecule has 37 heavy (non-hydrogen) atoms. The number of likely N-dealkylation sites (N-methyl/N-ethyl adjacent to an activating group) is 1. The van der Waals surface area contributed by atoms with Gasteiger partial charge in [0.25, 0.3) is 0 Å². The molecule has 1 aromatic rings. The van der Waals surface area contributed by atoms with E-state index in [0.29, 0.717) is 12.8 Å². The first-order valence-electron chi connectivity index (χ1n) is 13.2. The molecule has 0 spiro atoms. The van der Waals surface area contributed by atoms with Crippen LogP contribution in [0.1, 0.15) is 64.1 Å². The van der Waals surface area contributed by atoms with E-state index < -0.39 is 0 Å². The molecule has 2 heterocycles. The Kier molecular flexibility index (Phi) is 13.3. The quantitative estimate of drug-likeness (QED) is 0.513. The predicted octanol–water partition coefficient (Wildman–Crippen LogP) is 5.30. The fourth-order valence-electron chi connectivity index (χ4n) is 4.00. The first kappa shape index (κ1) is 30.5. The highest BCUT2D eigenvalue weighted by molar-refractivity contribution is 7.09. The number of carbonyl (C=O) groups excluding carboxylic acids is 2. The number of thiazole rings is 1. The first-order valence-corrected chi connectivity index (χ1v) is 14.0. The summed E-state index contributed by atoms with van der Waals surface area (Å²) in [6.07, 6.45) is 18.3. The van der Waals surface area contributed by atoms with Gasteiger partial charge in [-0.15, -0.1) is 11.3 Å². The molecule has 1 unspecified atom stereocenters. The summed E-state index contributed by atoms with van der Waals surface area (Å²) in [5.74, 6) is -0.0466. The van der Waals surface area contributed by atoms with Crippen LogP contribution in [-0.4, -0.2) is 54.4 Å². The second-order valence-corrected chi connectivity index (χ2v) is 11.2. The SMILES string of the molecule is CC(C=CC(C)=CC1Cc2nc(cs2)CCCCC(=O)N[C@@H](C)CC(C)=CC=CC(=O)N1)=CCN(C)C. The second kappa shape index (κ2) is 16.2. The summed E-state index contributed by atoms with van der Waals surface area (Å²) in [4.78, 5) is 31.9. The van der Waals surface area contributed by atoms with Gasteiger partial charge in [-0.25, -0.2) is 4.98 Å². The van der Waals surface area contributed by atoms with Gasteiger partial charge in [0, 0.05) is 36.9 Å². The highest BCUT2D eigenvalue weighted by Gasteiger charge is 2.13. The van der Waals surface area contributed by atoms with Gasteiger partial charge in [-0.3, -0.25) is 9.59 Å². The molecular formula is C30H44N4O2S. The topological polar surface area (TPSA) is 74.3 Å². The molecule has 0 saturated heterocycles. The first-order chi connectivity index (χ1) is 17.6. The lowest BCUT2D eigenvalue weighted by atomic mass is 10.1. The van der Waals surface area contributed by atoms with Crippen molar-refractivity contribution in [1.29, 1.82) is 0 Å². The van der Waals surface area contributed by atoms with Crippen molar-refractivity contribution in [1.82, 2.24) is 20.5 Å². The van der Waals surface area contributed by atoms with Gasteiger partial charge in [0.2, 0.25) is 11.8 Å². The molecule has 0 saturated carbocycles. The smallest absolute Gasteiger partial charge is 0.244 e. The Labute approximate surface area is 227 Å². The zero-order chi connectivity index (χ0) is 27.2. The number of amides is 2. The zero-order valence-corrected chi connectivity index (χ0v) is 24.2. The van der Waals surface area contributed by atoms with E-state index in [4.69, 9.17) is 4.98 Å². The van der Waals surface area contributed by atoms with E-state index in [9.17, 15) is 9.59 Å². The molecule has 1 aliphatic rings. The van der Waals surface area contributed by atoms with Crippen LogP contribution in [0.4, 0.5) is 0 Å². The number of aromatic nitrogens is 1. The maximum Gasteiger partial charge on any atom is 0.244 e. The van der Waals surface area contributed by atoms with E-state index in [2.05, 4.69) is 73.2 Å².